The first-order valence-corrected chi connectivity index (χ1v) is 7.74. The molecule has 3 rings (SSSR count). The molecule has 0 aromatic carbocycles. The molecule has 2 saturated carbocycles. The first-order chi connectivity index (χ1) is 9.35. The summed E-state index contributed by atoms with van der Waals surface area (Å²) in [6.45, 7) is 6.36. The van der Waals surface area contributed by atoms with Crippen LogP contribution in [0.25, 0.3) is 0 Å². The minimum Gasteiger partial charge on any atom is -0.311 e. The maximum absolute atomic E-state index is 4.78. The van der Waals surface area contributed by atoms with E-state index in [9.17, 15) is 0 Å². The van der Waals surface area contributed by atoms with Crippen LogP contribution in [0.15, 0.2) is 18.2 Å². The Labute approximate surface area is 116 Å². The quantitative estimate of drug-likeness (QED) is 0.777. The number of nitrogens with one attached hydrogen (secondary N) is 1. The fourth-order valence-electron chi connectivity index (χ4n) is 2.59. The third-order valence-corrected chi connectivity index (χ3v) is 4.04. The summed E-state index contributed by atoms with van der Waals surface area (Å²) in [7, 11) is 0. The minimum absolute atomic E-state index is 0.847. The van der Waals surface area contributed by atoms with Gasteiger partial charge in [0.1, 0.15) is 0 Å². The van der Waals surface area contributed by atoms with Gasteiger partial charge in [0.25, 0.3) is 0 Å². The second kappa shape index (κ2) is 6.02. The smallest absolute Gasteiger partial charge is 0.0547 e. The van der Waals surface area contributed by atoms with Crippen LogP contribution in [0.2, 0.25) is 0 Å². The molecule has 0 bridgehead atoms. The SMILES string of the molecule is CCNCc1cccc(CN(CC2CC2)C2CC2)n1. The maximum Gasteiger partial charge on any atom is 0.0547 e. The zero-order valence-corrected chi connectivity index (χ0v) is 11.9. The second-order valence-electron chi connectivity index (χ2n) is 6.00. The fraction of sp³-hybridized carbons (Fsp3) is 0.688. The van der Waals surface area contributed by atoms with E-state index in [-0.39, 0.29) is 0 Å². The number of nitrogens with zero attached hydrogens (tertiary/aromatic N) is 2. The van der Waals surface area contributed by atoms with Crippen molar-refractivity contribution in [2.75, 3.05) is 13.1 Å². The molecule has 1 heterocycles. The van der Waals surface area contributed by atoms with E-state index in [0.29, 0.717) is 0 Å². The normalized spacial score (nSPS) is 19.1. The van der Waals surface area contributed by atoms with Gasteiger partial charge in [0.15, 0.2) is 0 Å². The first kappa shape index (κ1) is 13.1. The van der Waals surface area contributed by atoms with Gasteiger partial charge < -0.3 is 5.32 Å². The predicted octanol–water partition coefficient (Wildman–Crippen LogP) is 2.57. The van der Waals surface area contributed by atoms with E-state index in [0.717, 1.165) is 31.6 Å². The Morgan fingerprint density at radius 2 is 2.00 bits per heavy atom. The van der Waals surface area contributed by atoms with Crippen molar-refractivity contribution >= 4 is 0 Å². The molecule has 3 nitrogen and oxygen atoms in total. The van der Waals surface area contributed by atoms with Gasteiger partial charge >= 0.3 is 0 Å². The molecule has 3 heteroatoms. The molecule has 1 aromatic rings. The van der Waals surface area contributed by atoms with Crippen LogP contribution in [0.3, 0.4) is 0 Å². The van der Waals surface area contributed by atoms with Gasteiger partial charge in [-0.15, -0.1) is 0 Å². The van der Waals surface area contributed by atoms with E-state index in [1.165, 1.54) is 43.6 Å². The molecule has 0 spiro atoms. The lowest BCUT2D eigenvalue weighted by molar-refractivity contribution is 0.241. The molecule has 0 saturated heterocycles. The second-order valence-corrected chi connectivity index (χ2v) is 6.00. The van der Waals surface area contributed by atoms with E-state index < -0.39 is 0 Å². The van der Waals surface area contributed by atoms with Crippen molar-refractivity contribution in [2.24, 2.45) is 5.92 Å². The van der Waals surface area contributed by atoms with Gasteiger partial charge in [-0.3, -0.25) is 9.88 Å². The summed E-state index contributed by atoms with van der Waals surface area (Å²) in [5.74, 6) is 0.977. The van der Waals surface area contributed by atoms with Crippen LogP contribution in [0.4, 0.5) is 0 Å². The summed E-state index contributed by atoms with van der Waals surface area (Å²) >= 11 is 0. The highest BCUT2D eigenvalue weighted by atomic mass is 15.2. The maximum atomic E-state index is 4.78. The van der Waals surface area contributed by atoms with Gasteiger partial charge in [0.2, 0.25) is 0 Å². The number of pyridine rings is 1. The number of hydrogen-bond acceptors (Lipinski definition) is 3. The summed E-state index contributed by atoms with van der Waals surface area (Å²) in [5, 5.41) is 3.35. The number of rotatable bonds is 8. The van der Waals surface area contributed by atoms with Crippen molar-refractivity contribution in [1.29, 1.82) is 0 Å². The van der Waals surface area contributed by atoms with Crippen LogP contribution in [0, 0.1) is 5.92 Å². The Kier molecular flexibility index (Phi) is 4.14. The third-order valence-electron chi connectivity index (χ3n) is 4.04. The molecule has 0 radical (unpaired) electrons. The highest BCUT2D eigenvalue weighted by Crippen LogP contribution is 2.35. The zero-order chi connectivity index (χ0) is 13.1. The van der Waals surface area contributed by atoms with Crippen molar-refractivity contribution in [3.63, 3.8) is 0 Å². The Bertz CT molecular complexity index is 410. The minimum atomic E-state index is 0.847. The Morgan fingerprint density at radius 3 is 2.68 bits per heavy atom. The van der Waals surface area contributed by atoms with Gasteiger partial charge in [0.05, 0.1) is 11.4 Å². The van der Waals surface area contributed by atoms with E-state index in [1.54, 1.807) is 0 Å². The fourth-order valence-corrected chi connectivity index (χ4v) is 2.59. The summed E-state index contributed by atoms with van der Waals surface area (Å²) in [6.07, 6.45) is 5.67. The van der Waals surface area contributed by atoms with Gasteiger partial charge in [-0.1, -0.05) is 13.0 Å². The molecule has 2 aliphatic rings. The molecule has 1 N–H and O–H groups in total. The predicted molar refractivity (Wildman–Crippen MR) is 77.8 cm³/mol. The van der Waals surface area contributed by atoms with E-state index >= 15 is 0 Å². The molecular formula is C16H25N3. The average molecular weight is 259 g/mol. The van der Waals surface area contributed by atoms with Crippen LogP contribution < -0.4 is 5.32 Å². The van der Waals surface area contributed by atoms with Crippen molar-refractivity contribution in [1.82, 2.24) is 15.2 Å². The molecule has 2 aliphatic carbocycles. The molecule has 0 aliphatic heterocycles. The Balaban J connectivity index is 1.59. The van der Waals surface area contributed by atoms with Crippen LogP contribution in [-0.4, -0.2) is 29.0 Å². The molecule has 1 aromatic heterocycles. The van der Waals surface area contributed by atoms with Crippen molar-refractivity contribution in [3.8, 4) is 0 Å². The van der Waals surface area contributed by atoms with Crippen LogP contribution in [0.5, 0.6) is 0 Å². The highest BCUT2D eigenvalue weighted by molar-refractivity contribution is 5.11. The lowest BCUT2D eigenvalue weighted by atomic mass is 10.2. The lowest BCUT2D eigenvalue weighted by Crippen LogP contribution is -2.28. The average Bonchev–Trinajstić information content (AvgIpc) is 3.28. The van der Waals surface area contributed by atoms with Gasteiger partial charge in [-0.05, 0) is 50.3 Å². The molecule has 2 fully saturated rings. The summed E-state index contributed by atoms with van der Waals surface area (Å²) in [4.78, 5) is 7.45. The largest absolute Gasteiger partial charge is 0.311 e. The van der Waals surface area contributed by atoms with Crippen molar-refractivity contribution in [3.05, 3.63) is 29.6 Å². The van der Waals surface area contributed by atoms with Crippen LogP contribution in [0.1, 0.15) is 44.0 Å². The summed E-state index contributed by atoms with van der Waals surface area (Å²) in [6, 6.07) is 7.29. The van der Waals surface area contributed by atoms with Gasteiger partial charge in [-0.2, -0.15) is 0 Å². The molecule has 19 heavy (non-hydrogen) atoms. The molecule has 104 valence electrons. The zero-order valence-electron chi connectivity index (χ0n) is 11.9. The standard InChI is InChI=1S/C16H25N3/c1-2-17-10-14-4-3-5-15(18-14)12-19(16-8-9-16)11-13-6-7-13/h3-5,13,16-17H,2,6-12H2,1H3. The van der Waals surface area contributed by atoms with Gasteiger partial charge in [0, 0.05) is 25.7 Å². The summed E-state index contributed by atoms with van der Waals surface area (Å²) < 4.78 is 0. The topological polar surface area (TPSA) is 28.2 Å². The van der Waals surface area contributed by atoms with E-state index in [4.69, 9.17) is 4.98 Å². The summed E-state index contributed by atoms with van der Waals surface area (Å²) in [5.41, 5.74) is 2.41. The third kappa shape index (κ3) is 4.02. The molecule has 0 atom stereocenters. The highest BCUT2D eigenvalue weighted by Gasteiger charge is 2.33. The Hall–Kier alpha value is -0.930. The van der Waals surface area contributed by atoms with E-state index in [1.807, 2.05) is 0 Å². The van der Waals surface area contributed by atoms with Crippen molar-refractivity contribution in [2.45, 2.75) is 51.7 Å². The molecule has 0 unspecified atom stereocenters. The van der Waals surface area contributed by atoms with Crippen molar-refractivity contribution < 1.29 is 0 Å². The number of aromatic nitrogens is 1. The Morgan fingerprint density at radius 1 is 1.21 bits per heavy atom. The monoisotopic (exact) mass is 259 g/mol. The van der Waals surface area contributed by atoms with Crippen LogP contribution in [-0.2, 0) is 13.1 Å². The first-order valence-electron chi connectivity index (χ1n) is 7.74. The number of hydrogen-bond donors (Lipinski definition) is 1. The van der Waals surface area contributed by atoms with E-state index in [2.05, 4.69) is 35.3 Å². The molecule has 0 amide bonds. The van der Waals surface area contributed by atoms with Crippen LogP contribution >= 0.6 is 0 Å². The molecular weight excluding hydrogens is 234 g/mol. The lowest BCUT2D eigenvalue weighted by Gasteiger charge is -2.21. The van der Waals surface area contributed by atoms with Gasteiger partial charge in [-0.25, -0.2) is 0 Å².